The number of rotatable bonds is 7. The van der Waals surface area contributed by atoms with Crippen molar-refractivity contribution in [1.82, 2.24) is 4.90 Å². The second-order valence-electron chi connectivity index (χ2n) is 4.81. The first-order valence-electron chi connectivity index (χ1n) is 6.66. The second-order valence-corrected chi connectivity index (χ2v) is 4.81. The molecule has 0 fully saturated rings. The van der Waals surface area contributed by atoms with E-state index in [1.807, 2.05) is 24.0 Å². The van der Waals surface area contributed by atoms with E-state index in [1.54, 1.807) is 7.11 Å². The third-order valence-electron chi connectivity index (χ3n) is 3.03. The molecular weight excluding hydrogens is 274 g/mol. The van der Waals surface area contributed by atoms with Gasteiger partial charge in [-0.25, -0.2) is 0 Å². The lowest BCUT2D eigenvalue weighted by Gasteiger charge is -2.20. The van der Waals surface area contributed by atoms with Crippen LogP contribution in [0.5, 0.6) is 5.75 Å². The number of aromatic hydroxyl groups is 1. The summed E-state index contributed by atoms with van der Waals surface area (Å²) in [6.45, 7) is 4.13. The van der Waals surface area contributed by atoms with Gasteiger partial charge in [-0.1, -0.05) is 0 Å². The average Bonchev–Trinajstić information content (AvgIpc) is 2.85. The summed E-state index contributed by atoms with van der Waals surface area (Å²) >= 11 is 0. The fourth-order valence-corrected chi connectivity index (χ4v) is 1.97. The molecule has 21 heavy (non-hydrogen) atoms. The van der Waals surface area contributed by atoms with Gasteiger partial charge >= 0.3 is 0 Å². The maximum atomic E-state index is 11.4. The maximum absolute atomic E-state index is 11.4. The summed E-state index contributed by atoms with van der Waals surface area (Å²) in [5.41, 5.74) is -0.447. The van der Waals surface area contributed by atoms with Crippen LogP contribution >= 0.6 is 0 Å². The van der Waals surface area contributed by atoms with Crippen molar-refractivity contribution >= 4 is 0 Å². The van der Waals surface area contributed by atoms with Gasteiger partial charge < -0.3 is 18.7 Å². The van der Waals surface area contributed by atoms with Gasteiger partial charge in [-0.15, -0.1) is 0 Å². The number of ether oxygens (including phenoxy) is 1. The van der Waals surface area contributed by atoms with Gasteiger partial charge in [-0.05, 0) is 19.1 Å². The van der Waals surface area contributed by atoms with E-state index in [4.69, 9.17) is 13.6 Å². The Morgan fingerprint density at radius 3 is 2.67 bits per heavy atom. The van der Waals surface area contributed by atoms with Crippen LogP contribution in [0.2, 0.25) is 0 Å². The van der Waals surface area contributed by atoms with E-state index in [0.29, 0.717) is 32.0 Å². The summed E-state index contributed by atoms with van der Waals surface area (Å²) in [6.07, 6.45) is 1.06. The van der Waals surface area contributed by atoms with E-state index in [-0.39, 0.29) is 5.75 Å². The van der Waals surface area contributed by atoms with E-state index in [0.717, 1.165) is 17.8 Å². The summed E-state index contributed by atoms with van der Waals surface area (Å²) in [5.74, 6) is 1.79. The molecule has 0 radical (unpaired) electrons. The predicted octanol–water partition coefficient (Wildman–Crippen LogP) is 1.90. The van der Waals surface area contributed by atoms with Crippen LogP contribution in [0, 0.1) is 6.92 Å². The molecule has 2 aromatic rings. The Hall–Kier alpha value is -2.05. The molecular formula is C15H19NO5. The molecule has 0 bridgehead atoms. The third kappa shape index (κ3) is 4.47. The van der Waals surface area contributed by atoms with Crippen molar-refractivity contribution in [1.29, 1.82) is 0 Å². The first-order chi connectivity index (χ1) is 10.1. The highest BCUT2D eigenvalue weighted by atomic mass is 16.5. The van der Waals surface area contributed by atoms with Gasteiger partial charge in [0.15, 0.2) is 5.75 Å². The summed E-state index contributed by atoms with van der Waals surface area (Å²) in [6, 6.07) is 5.12. The Morgan fingerprint density at radius 1 is 1.29 bits per heavy atom. The highest BCUT2D eigenvalue weighted by molar-refractivity contribution is 5.15. The summed E-state index contributed by atoms with van der Waals surface area (Å²) in [5, 5.41) is 9.20. The smallest absolute Gasteiger partial charge is 0.226 e. The van der Waals surface area contributed by atoms with Gasteiger partial charge in [-0.3, -0.25) is 9.69 Å². The topological polar surface area (TPSA) is 76.0 Å². The average molecular weight is 293 g/mol. The van der Waals surface area contributed by atoms with E-state index >= 15 is 0 Å². The Kier molecular flexibility index (Phi) is 5.19. The minimum absolute atomic E-state index is 0.385. The minimum atomic E-state index is -0.447. The molecule has 0 spiro atoms. The Labute approximate surface area is 122 Å². The van der Waals surface area contributed by atoms with Crippen LogP contribution in [-0.2, 0) is 17.8 Å². The molecule has 0 aliphatic rings. The molecule has 0 aromatic carbocycles. The fraction of sp³-hybridized carbons (Fsp3) is 0.400. The molecule has 0 saturated heterocycles. The number of methoxy groups -OCH3 is 1. The highest BCUT2D eigenvalue weighted by Gasteiger charge is 2.12. The molecule has 0 atom stereocenters. The first-order valence-corrected chi connectivity index (χ1v) is 6.66. The van der Waals surface area contributed by atoms with Crippen LogP contribution in [0.4, 0.5) is 0 Å². The Balaban J connectivity index is 2.07. The molecule has 0 aliphatic carbocycles. The second kappa shape index (κ2) is 7.10. The first kappa shape index (κ1) is 15.3. The predicted molar refractivity (Wildman–Crippen MR) is 76.1 cm³/mol. The zero-order chi connectivity index (χ0) is 15.2. The molecule has 0 unspecified atom stereocenters. The Bertz CT molecular complexity index is 631. The molecule has 2 aromatic heterocycles. The number of nitrogens with zero attached hydrogens (tertiary/aromatic N) is 1. The van der Waals surface area contributed by atoms with Crippen molar-refractivity contribution < 1.29 is 18.7 Å². The normalized spacial score (nSPS) is 11.2. The van der Waals surface area contributed by atoms with Crippen LogP contribution in [0.25, 0.3) is 0 Å². The SMILES string of the molecule is COCCN(Cc1cc(=O)c(O)co1)Cc1ccc(C)o1. The van der Waals surface area contributed by atoms with Crippen LogP contribution in [0.1, 0.15) is 17.3 Å². The number of aryl methyl sites for hydroxylation is 1. The van der Waals surface area contributed by atoms with Gasteiger partial charge in [0.25, 0.3) is 0 Å². The van der Waals surface area contributed by atoms with Gasteiger partial charge in [0, 0.05) is 19.7 Å². The largest absolute Gasteiger partial charge is 0.502 e. The number of hydrogen-bond acceptors (Lipinski definition) is 6. The molecule has 0 amide bonds. The van der Waals surface area contributed by atoms with Crippen LogP contribution in [0.3, 0.4) is 0 Å². The molecule has 0 aliphatic heterocycles. The minimum Gasteiger partial charge on any atom is -0.502 e. The molecule has 1 N–H and O–H groups in total. The van der Waals surface area contributed by atoms with Gasteiger partial charge in [0.2, 0.25) is 5.43 Å². The summed E-state index contributed by atoms with van der Waals surface area (Å²) in [4.78, 5) is 13.5. The zero-order valence-corrected chi connectivity index (χ0v) is 12.2. The van der Waals surface area contributed by atoms with Gasteiger partial charge in [-0.2, -0.15) is 0 Å². The molecule has 0 saturated carbocycles. The molecule has 6 heteroatoms. The number of furan rings is 1. The van der Waals surface area contributed by atoms with E-state index in [9.17, 15) is 9.90 Å². The highest BCUT2D eigenvalue weighted by Crippen LogP contribution is 2.13. The van der Waals surface area contributed by atoms with E-state index in [1.165, 1.54) is 6.07 Å². The quantitative estimate of drug-likeness (QED) is 0.840. The van der Waals surface area contributed by atoms with Crippen molar-refractivity contribution in [3.63, 3.8) is 0 Å². The van der Waals surface area contributed by atoms with Gasteiger partial charge in [0.1, 0.15) is 23.5 Å². The monoisotopic (exact) mass is 293 g/mol. The molecule has 2 heterocycles. The molecule has 114 valence electrons. The number of hydrogen-bond donors (Lipinski definition) is 1. The Morgan fingerprint density at radius 2 is 2.05 bits per heavy atom. The van der Waals surface area contributed by atoms with E-state index < -0.39 is 5.43 Å². The summed E-state index contributed by atoms with van der Waals surface area (Å²) < 4.78 is 15.9. The lowest BCUT2D eigenvalue weighted by Crippen LogP contribution is -2.26. The summed E-state index contributed by atoms with van der Waals surface area (Å²) in [7, 11) is 1.63. The van der Waals surface area contributed by atoms with Crippen molar-refractivity contribution in [3.8, 4) is 5.75 Å². The van der Waals surface area contributed by atoms with Crippen LogP contribution < -0.4 is 5.43 Å². The van der Waals surface area contributed by atoms with Crippen molar-refractivity contribution in [2.24, 2.45) is 0 Å². The standard InChI is InChI=1S/C15H19NO5/c1-11-3-4-12(21-11)8-16(5-6-19-2)9-13-7-14(17)15(18)10-20-13/h3-4,7,10,18H,5-6,8-9H2,1-2H3. The maximum Gasteiger partial charge on any atom is 0.226 e. The van der Waals surface area contributed by atoms with Crippen molar-refractivity contribution in [2.75, 3.05) is 20.3 Å². The van der Waals surface area contributed by atoms with Crippen LogP contribution in [0.15, 0.2) is 38.1 Å². The fourth-order valence-electron chi connectivity index (χ4n) is 1.97. The van der Waals surface area contributed by atoms with Crippen molar-refractivity contribution in [3.05, 3.63) is 52.0 Å². The molecule has 6 nitrogen and oxygen atoms in total. The van der Waals surface area contributed by atoms with Gasteiger partial charge in [0.05, 0.1) is 19.7 Å². The van der Waals surface area contributed by atoms with Crippen LogP contribution in [-0.4, -0.2) is 30.3 Å². The molecule has 2 rings (SSSR count). The lowest BCUT2D eigenvalue weighted by atomic mass is 10.3. The zero-order valence-electron chi connectivity index (χ0n) is 12.2. The lowest BCUT2D eigenvalue weighted by molar-refractivity contribution is 0.129. The third-order valence-corrected chi connectivity index (χ3v) is 3.03. The van der Waals surface area contributed by atoms with Crippen molar-refractivity contribution in [2.45, 2.75) is 20.0 Å². The van der Waals surface area contributed by atoms with E-state index in [2.05, 4.69) is 0 Å².